The van der Waals surface area contributed by atoms with Crippen LogP contribution in [0.15, 0.2) is 53.5 Å². The third-order valence-corrected chi connectivity index (χ3v) is 4.05. The molecular formula is C16H15ClFN3. The maximum atomic E-state index is 14.2. The summed E-state index contributed by atoms with van der Waals surface area (Å²) in [5.74, 6) is -0.0200. The van der Waals surface area contributed by atoms with E-state index in [9.17, 15) is 4.39 Å². The maximum absolute atomic E-state index is 14.2. The van der Waals surface area contributed by atoms with Crippen LogP contribution in [0.4, 0.5) is 10.1 Å². The molecule has 0 aliphatic carbocycles. The van der Waals surface area contributed by atoms with Gasteiger partial charge < -0.3 is 5.73 Å². The van der Waals surface area contributed by atoms with Crippen LogP contribution in [0, 0.1) is 5.82 Å². The van der Waals surface area contributed by atoms with Gasteiger partial charge in [0.05, 0.1) is 17.8 Å². The number of halogens is 2. The molecule has 5 heteroatoms. The predicted molar refractivity (Wildman–Crippen MR) is 84.2 cm³/mol. The number of benzene rings is 2. The molecule has 0 spiro atoms. The Morgan fingerprint density at radius 2 is 2.00 bits per heavy atom. The van der Waals surface area contributed by atoms with E-state index in [4.69, 9.17) is 17.3 Å². The summed E-state index contributed by atoms with van der Waals surface area (Å²) in [4.78, 5) is 6.04. The third-order valence-electron chi connectivity index (χ3n) is 3.81. The highest BCUT2D eigenvalue weighted by Gasteiger charge is 2.41. The topological polar surface area (TPSA) is 41.6 Å². The van der Waals surface area contributed by atoms with Crippen molar-refractivity contribution in [1.29, 1.82) is 0 Å². The van der Waals surface area contributed by atoms with Crippen molar-refractivity contribution in [3.63, 3.8) is 0 Å². The molecule has 0 bridgehead atoms. The van der Waals surface area contributed by atoms with Crippen molar-refractivity contribution in [1.82, 2.24) is 0 Å². The average Bonchev–Trinajstić information content (AvgIpc) is 2.77. The number of anilines is 1. The van der Waals surface area contributed by atoms with Crippen molar-refractivity contribution in [3.05, 3.63) is 64.9 Å². The number of aliphatic imine (C=N–C) groups is 1. The minimum atomic E-state index is -0.558. The van der Waals surface area contributed by atoms with Gasteiger partial charge in [0.25, 0.3) is 0 Å². The summed E-state index contributed by atoms with van der Waals surface area (Å²) in [6.45, 7) is 2.43. The molecule has 1 aliphatic rings. The molecule has 2 N–H and O–H groups in total. The number of guanidine groups is 1. The molecule has 1 aliphatic heterocycles. The summed E-state index contributed by atoms with van der Waals surface area (Å²) in [5, 5.41) is 0.632. The zero-order valence-electron chi connectivity index (χ0n) is 11.6. The predicted octanol–water partition coefficient (Wildman–Crippen LogP) is 3.53. The van der Waals surface area contributed by atoms with E-state index in [1.54, 1.807) is 29.2 Å². The molecule has 2 aromatic rings. The van der Waals surface area contributed by atoms with Gasteiger partial charge in [0.2, 0.25) is 0 Å². The van der Waals surface area contributed by atoms with Crippen LogP contribution in [0.25, 0.3) is 0 Å². The molecule has 3 rings (SSSR count). The minimum Gasteiger partial charge on any atom is -0.369 e. The van der Waals surface area contributed by atoms with Crippen LogP contribution in [0.2, 0.25) is 5.02 Å². The van der Waals surface area contributed by atoms with Gasteiger partial charge in [-0.2, -0.15) is 0 Å². The van der Waals surface area contributed by atoms with Gasteiger partial charge in [0.15, 0.2) is 5.96 Å². The molecule has 108 valence electrons. The van der Waals surface area contributed by atoms with E-state index in [1.807, 2.05) is 25.1 Å². The lowest BCUT2D eigenvalue weighted by Gasteiger charge is -2.36. The quantitative estimate of drug-likeness (QED) is 0.922. The number of hydrogen-bond donors (Lipinski definition) is 1. The molecule has 0 saturated carbocycles. The minimum absolute atomic E-state index is 0.308. The molecule has 2 aromatic carbocycles. The molecule has 0 radical (unpaired) electrons. The second-order valence-electron chi connectivity index (χ2n) is 5.25. The fraction of sp³-hybridized carbons (Fsp3) is 0.188. The van der Waals surface area contributed by atoms with Gasteiger partial charge in [-0.25, -0.2) is 4.39 Å². The molecule has 1 unspecified atom stereocenters. The molecule has 0 fully saturated rings. The summed E-state index contributed by atoms with van der Waals surface area (Å²) < 4.78 is 14.2. The van der Waals surface area contributed by atoms with Gasteiger partial charge >= 0.3 is 0 Å². The van der Waals surface area contributed by atoms with E-state index >= 15 is 0 Å². The van der Waals surface area contributed by atoms with Crippen LogP contribution in [0.1, 0.15) is 12.5 Å². The van der Waals surface area contributed by atoms with Gasteiger partial charge in [-0.15, -0.1) is 0 Å². The molecule has 0 aromatic heterocycles. The van der Waals surface area contributed by atoms with Crippen molar-refractivity contribution in [2.24, 2.45) is 10.7 Å². The molecule has 0 saturated heterocycles. The van der Waals surface area contributed by atoms with Gasteiger partial charge in [-0.1, -0.05) is 35.9 Å². The van der Waals surface area contributed by atoms with Crippen LogP contribution in [-0.4, -0.2) is 12.5 Å². The Morgan fingerprint density at radius 1 is 1.24 bits per heavy atom. The lowest BCUT2D eigenvalue weighted by molar-refractivity contribution is 0.520. The molecular weight excluding hydrogens is 289 g/mol. The Labute approximate surface area is 127 Å². The summed E-state index contributed by atoms with van der Waals surface area (Å²) in [6, 6.07) is 14.0. The molecule has 21 heavy (non-hydrogen) atoms. The van der Waals surface area contributed by atoms with Crippen molar-refractivity contribution >= 4 is 23.2 Å². The highest BCUT2D eigenvalue weighted by Crippen LogP contribution is 2.38. The average molecular weight is 304 g/mol. The lowest BCUT2D eigenvalue weighted by atomic mass is 9.90. The van der Waals surface area contributed by atoms with E-state index in [-0.39, 0.29) is 5.82 Å². The van der Waals surface area contributed by atoms with Crippen molar-refractivity contribution in [2.45, 2.75) is 12.5 Å². The first kappa shape index (κ1) is 13.9. The fourth-order valence-electron chi connectivity index (χ4n) is 2.70. The van der Waals surface area contributed by atoms with Crippen LogP contribution in [0.3, 0.4) is 0 Å². The van der Waals surface area contributed by atoms with Gasteiger partial charge in [-0.05, 0) is 36.8 Å². The van der Waals surface area contributed by atoms with E-state index in [0.29, 0.717) is 23.2 Å². The monoisotopic (exact) mass is 303 g/mol. The van der Waals surface area contributed by atoms with Crippen molar-refractivity contribution in [3.8, 4) is 0 Å². The summed E-state index contributed by atoms with van der Waals surface area (Å²) in [6.07, 6.45) is 0. The summed E-state index contributed by atoms with van der Waals surface area (Å²) in [5.41, 5.74) is 6.81. The first-order valence-corrected chi connectivity index (χ1v) is 7.01. The Morgan fingerprint density at radius 3 is 2.71 bits per heavy atom. The molecule has 1 atom stereocenters. The van der Waals surface area contributed by atoms with Gasteiger partial charge in [0.1, 0.15) is 5.82 Å². The fourth-order valence-corrected chi connectivity index (χ4v) is 2.89. The highest BCUT2D eigenvalue weighted by atomic mass is 35.5. The Kier molecular flexibility index (Phi) is 3.33. The largest absolute Gasteiger partial charge is 0.369 e. The normalized spacial score (nSPS) is 21.5. The Hall–Kier alpha value is -2.07. The number of nitrogens with zero attached hydrogens (tertiary/aromatic N) is 2. The maximum Gasteiger partial charge on any atom is 0.196 e. The van der Waals surface area contributed by atoms with Crippen LogP contribution in [-0.2, 0) is 5.54 Å². The molecule has 0 amide bonds. The number of para-hydroxylation sites is 1. The Balaban J connectivity index is 2.13. The number of rotatable bonds is 2. The summed E-state index contributed by atoms with van der Waals surface area (Å²) >= 11 is 6.09. The van der Waals surface area contributed by atoms with Crippen molar-refractivity contribution < 1.29 is 4.39 Å². The third kappa shape index (κ3) is 2.25. The van der Waals surface area contributed by atoms with Crippen LogP contribution >= 0.6 is 11.6 Å². The van der Waals surface area contributed by atoms with E-state index in [0.717, 1.165) is 5.56 Å². The smallest absolute Gasteiger partial charge is 0.196 e. The SMILES string of the molecule is CC1(c2cccc(Cl)c2)CN=C(N)N1c1ccccc1F. The standard InChI is InChI=1S/C16H15ClFN3/c1-16(11-5-4-6-12(17)9-11)10-20-15(19)21(16)14-8-3-2-7-13(14)18/h2-9H,10H2,1H3,(H2,19,20). The number of hydrogen-bond acceptors (Lipinski definition) is 3. The summed E-state index contributed by atoms with van der Waals surface area (Å²) in [7, 11) is 0. The molecule has 1 heterocycles. The van der Waals surface area contributed by atoms with E-state index in [1.165, 1.54) is 6.07 Å². The van der Waals surface area contributed by atoms with E-state index < -0.39 is 5.54 Å². The van der Waals surface area contributed by atoms with Crippen molar-refractivity contribution in [2.75, 3.05) is 11.4 Å². The number of nitrogens with two attached hydrogens (primary N) is 1. The highest BCUT2D eigenvalue weighted by molar-refractivity contribution is 6.30. The molecule has 3 nitrogen and oxygen atoms in total. The zero-order chi connectivity index (χ0) is 15.0. The Bertz CT molecular complexity index is 716. The first-order valence-electron chi connectivity index (χ1n) is 6.63. The van der Waals surface area contributed by atoms with Crippen LogP contribution in [0.5, 0.6) is 0 Å². The second kappa shape index (κ2) is 5.04. The zero-order valence-corrected chi connectivity index (χ0v) is 12.3. The first-order chi connectivity index (χ1) is 10.0. The second-order valence-corrected chi connectivity index (χ2v) is 5.68. The van der Waals surface area contributed by atoms with Gasteiger partial charge in [0, 0.05) is 5.02 Å². The van der Waals surface area contributed by atoms with Crippen LogP contribution < -0.4 is 10.6 Å². The van der Waals surface area contributed by atoms with Gasteiger partial charge in [-0.3, -0.25) is 9.89 Å². The lowest BCUT2D eigenvalue weighted by Crippen LogP contribution is -2.48. The van der Waals surface area contributed by atoms with E-state index in [2.05, 4.69) is 4.99 Å².